The Morgan fingerprint density at radius 2 is 2.00 bits per heavy atom. The Morgan fingerprint density at radius 3 is 2.76 bits per heavy atom. The summed E-state index contributed by atoms with van der Waals surface area (Å²) in [6.07, 6.45) is 6.82. The van der Waals surface area contributed by atoms with Crippen LogP contribution in [-0.2, 0) is 18.3 Å². The molecule has 10 nitrogen and oxygen atoms in total. The first-order valence-corrected chi connectivity index (χ1v) is 16.5. The minimum atomic E-state index is -0.946. The molecule has 3 fully saturated rings. The molecule has 3 aliphatic carbocycles. The molecule has 3 N–H and O–H groups in total. The number of likely N-dealkylation sites (tertiary alicyclic amines) is 1. The van der Waals surface area contributed by atoms with Crippen molar-refractivity contribution in [3.63, 3.8) is 0 Å². The van der Waals surface area contributed by atoms with Crippen LogP contribution in [-0.4, -0.2) is 77.1 Å². The molecule has 0 bridgehead atoms. The number of aromatic nitrogens is 3. The maximum atomic E-state index is 14.9. The Kier molecular flexibility index (Phi) is 6.80. The van der Waals surface area contributed by atoms with Gasteiger partial charge in [0.05, 0.1) is 17.0 Å². The lowest BCUT2D eigenvalue weighted by Gasteiger charge is -2.41. The fraction of sp³-hybridized carbons (Fsp3) is 0.588. The number of hydrogen-bond donors (Lipinski definition) is 2. The number of halogens is 1. The van der Waals surface area contributed by atoms with E-state index in [0.717, 1.165) is 99.3 Å². The van der Waals surface area contributed by atoms with Gasteiger partial charge in [-0.3, -0.25) is 4.90 Å². The first-order valence-electron chi connectivity index (χ1n) is 16.5. The molecular formula is C34H41FN8O2. The smallest absolute Gasteiger partial charge is 0.219 e. The van der Waals surface area contributed by atoms with Gasteiger partial charge in [-0.25, -0.2) is 9.37 Å². The van der Waals surface area contributed by atoms with Crippen LogP contribution in [0.4, 0.5) is 15.9 Å². The SMILES string of the molecule is CC(Oc1cc(N2CCNC3(CC3)C2)nc(-c2noc3c2CCCC32CCCc3ccc(N)c(C#N)c32)n1)C1C(F)CCN1C. The predicted octanol–water partition coefficient (Wildman–Crippen LogP) is 4.30. The van der Waals surface area contributed by atoms with Crippen molar-refractivity contribution < 1.29 is 13.7 Å². The molecular weight excluding hydrogens is 571 g/mol. The summed E-state index contributed by atoms with van der Waals surface area (Å²) in [5, 5.41) is 18.5. The first-order chi connectivity index (χ1) is 21.8. The third-order valence-corrected chi connectivity index (χ3v) is 11.1. The van der Waals surface area contributed by atoms with Gasteiger partial charge in [0.25, 0.3) is 0 Å². The Labute approximate surface area is 263 Å². The van der Waals surface area contributed by atoms with Crippen LogP contribution in [0.1, 0.15) is 79.9 Å². The third-order valence-electron chi connectivity index (χ3n) is 11.1. The van der Waals surface area contributed by atoms with Gasteiger partial charge in [0.1, 0.15) is 24.2 Å². The van der Waals surface area contributed by atoms with E-state index in [4.69, 9.17) is 25.0 Å². The number of nitrogens with one attached hydrogen (secondary N) is 1. The highest BCUT2D eigenvalue weighted by molar-refractivity contribution is 5.67. The van der Waals surface area contributed by atoms with Crippen molar-refractivity contribution in [2.24, 2.45) is 0 Å². The number of piperazine rings is 1. The molecule has 0 radical (unpaired) electrons. The third kappa shape index (κ3) is 4.67. The van der Waals surface area contributed by atoms with Gasteiger partial charge in [-0.1, -0.05) is 11.2 Å². The number of ether oxygens (including phenoxy) is 1. The minimum absolute atomic E-state index is 0.153. The molecule has 45 heavy (non-hydrogen) atoms. The van der Waals surface area contributed by atoms with Gasteiger partial charge in [0.2, 0.25) is 5.88 Å². The number of hydrogen-bond acceptors (Lipinski definition) is 10. The molecule has 1 aromatic carbocycles. The Balaban J connectivity index is 1.22. The molecule has 2 aromatic heterocycles. The van der Waals surface area contributed by atoms with Crippen LogP contribution in [0.15, 0.2) is 22.7 Å². The summed E-state index contributed by atoms with van der Waals surface area (Å²) in [4.78, 5) is 14.3. The van der Waals surface area contributed by atoms with E-state index < -0.39 is 17.7 Å². The van der Waals surface area contributed by atoms with Crippen LogP contribution in [0.3, 0.4) is 0 Å². The number of nitrogen functional groups attached to an aromatic ring is 1. The molecule has 8 rings (SSSR count). The second kappa shape index (κ2) is 10.7. The van der Waals surface area contributed by atoms with Crippen molar-refractivity contribution in [1.29, 1.82) is 5.26 Å². The lowest BCUT2D eigenvalue weighted by Crippen LogP contribution is -2.52. The van der Waals surface area contributed by atoms with Crippen LogP contribution >= 0.6 is 0 Å². The lowest BCUT2D eigenvalue weighted by molar-refractivity contribution is 0.0810. The van der Waals surface area contributed by atoms with Gasteiger partial charge in [-0.05, 0) is 89.0 Å². The molecule has 2 aliphatic heterocycles. The van der Waals surface area contributed by atoms with Crippen molar-refractivity contribution in [2.45, 2.75) is 94.0 Å². The zero-order valence-electron chi connectivity index (χ0n) is 26.1. The number of anilines is 2. The largest absolute Gasteiger partial charge is 0.473 e. The highest BCUT2D eigenvalue weighted by Crippen LogP contribution is 2.53. The van der Waals surface area contributed by atoms with Crippen LogP contribution < -0.4 is 20.7 Å². The van der Waals surface area contributed by atoms with Crippen molar-refractivity contribution in [2.75, 3.05) is 43.9 Å². The topological polar surface area (TPSA) is 129 Å². The first kappa shape index (κ1) is 28.7. The number of nitrogens with zero attached hydrogens (tertiary/aromatic N) is 6. The number of alkyl halides is 1. The summed E-state index contributed by atoms with van der Waals surface area (Å²) in [7, 11) is 1.95. The van der Waals surface area contributed by atoms with Crippen LogP contribution in [0.25, 0.3) is 11.5 Å². The highest BCUT2D eigenvalue weighted by Gasteiger charge is 2.49. The lowest BCUT2D eigenvalue weighted by atomic mass is 9.61. The van der Waals surface area contributed by atoms with E-state index in [0.29, 0.717) is 41.6 Å². The standard InChI is InChI=1S/C34H41FN8O2/c1-20(30-24(35)9-15-42(30)2)44-27-17-26(43-16-14-38-33(19-43)12-13-33)39-32(40-27)29-22-6-4-11-34(31(22)45-41-29)10-3-5-21-7-8-25(37)23(18-36)28(21)34/h7-8,17,20,24,30,38H,3-6,9-16,19,37H2,1-2H3. The fourth-order valence-corrected chi connectivity index (χ4v) is 8.71. The molecule has 236 valence electrons. The Morgan fingerprint density at radius 1 is 1.18 bits per heavy atom. The van der Waals surface area contributed by atoms with Gasteiger partial charge < -0.3 is 25.2 Å². The van der Waals surface area contributed by atoms with Crippen LogP contribution in [0, 0.1) is 11.3 Å². The van der Waals surface area contributed by atoms with E-state index in [2.05, 4.69) is 27.5 Å². The Bertz CT molecular complexity index is 1670. The van der Waals surface area contributed by atoms with Gasteiger partial charge in [-0.2, -0.15) is 10.2 Å². The second-order valence-electron chi connectivity index (χ2n) is 13.9. The molecule has 0 amide bonds. The summed E-state index contributed by atoms with van der Waals surface area (Å²) >= 11 is 0. The van der Waals surface area contributed by atoms with Crippen LogP contribution in [0.2, 0.25) is 0 Å². The quantitative estimate of drug-likeness (QED) is 0.403. The summed E-state index contributed by atoms with van der Waals surface area (Å²) in [6, 6.07) is 7.89. The van der Waals surface area contributed by atoms with Crippen molar-refractivity contribution >= 4 is 11.5 Å². The van der Waals surface area contributed by atoms with E-state index in [1.165, 1.54) is 0 Å². The van der Waals surface area contributed by atoms with E-state index >= 15 is 0 Å². The zero-order valence-corrected chi connectivity index (χ0v) is 26.1. The zero-order chi connectivity index (χ0) is 30.9. The molecule has 4 atom stereocenters. The van der Waals surface area contributed by atoms with E-state index in [-0.39, 0.29) is 11.6 Å². The second-order valence-corrected chi connectivity index (χ2v) is 13.9. The minimum Gasteiger partial charge on any atom is -0.473 e. The summed E-state index contributed by atoms with van der Waals surface area (Å²) in [5.41, 5.74) is 10.9. The number of nitriles is 1. The monoisotopic (exact) mass is 612 g/mol. The summed E-state index contributed by atoms with van der Waals surface area (Å²) in [6.45, 7) is 5.20. The number of nitrogens with two attached hydrogens (primary N) is 1. The van der Waals surface area contributed by atoms with Gasteiger partial charge in [0.15, 0.2) is 17.3 Å². The number of benzene rings is 1. The molecule has 11 heteroatoms. The van der Waals surface area contributed by atoms with E-state index in [9.17, 15) is 9.65 Å². The Hall–Kier alpha value is -3.75. The maximum Gasteiger partial charge on any atom is 0.219 e. The average molecular weight is 613 g/mol. The predicted molar refractivity (Wildman–Crippen MR) is 168 cm³/mol. The van der Waals surface area contributed by atoms with Gasteiger partial charge in [-0.15, -0.1) is 0 Å². The number of likely N-dealkylation sites (N-methyl/N-ethyl adjacent to an activating group) is 1. The summed E-state index contributed by atoms with van der Waals surface area (Å²) < 4.78 is 27.6. The van der Waals surface area contributed by atoms with Crippen molar-refractivity contribution in [3.8, 4) is 23.5 Å². The molecule has 4 unspecified atom stereocenters. The molecule has 3 aromatic rings. The number of aryl methyl sites for hydroxylation is 1. The van der Waals surface area contributed by atoms with Gasteiger partial charge in [0, 0.05) is 49.0 Å². The normalized spacial score (nSPS) is 27.6. The van der Waals surface area contributed by atoms with E-state index in [1.807, 2.05) is 31.0 Å². The maximum absolute atomic E-state index is 14.9. The highest BCUT2D eigenvalue weighted by atomic mass is 19.1. The molecule has 2 spiro atoms. The van der Waals surface area contributed by atoms with Crippen molar-refractivity contribution in [1.82, 2.24) is 25.3 Å². The summed E-state index contributed by atoms with van der Waals surface area (Å²) in [5.74, 6) is 2.48. The van der Waals surface area contributed by atoms with E-state index in [1.54, 1.807) is 0 Å². The molecule has 1 saturated carbocycles. The van der Waals surface area contributed by atoms with Crippen molar-refractivity contribution in [3.05, 3.63) is 46.2 Å². The number of rotatable bonds is 5. The molecule has 2 saturated heterocycles. The average Bonchev–Trinajstić information content (AvgIpc) is 3.46. The van der Waals surface area contributed by atoms with Gasteiger partial charge >= 0.3 is 0 Å². The molecule has 4 heterocycles. The molecule has 5 aliphatic rings. The fourth-order valence-electron chi connectivity index (χ4n) is 8.71. The number of fused-ring (bicyclic) bond motifs is 4. The van der Waals surface area contributed by atoms with Crippen LogP contribution in [0.5, 0.6) is 5.88 Å².